The molecule has 0 spiro atoms. The van der Waals surface area contributed by atoms with E-state index in [2.05, 4.69) is 5.32 Å². The highest BCUT2D eigenvalue weighted by atomic mass is 16.4. The molecule has 2 rings (SSSR count). The first-order valence-electron chi connectivity index (χ1n) is 4.85. The van der Waals surface area contributed by atoms with Crippen molar-refractivity contribution in [2.24, 2.45) is 0 Å². The van der Waals surface area contributed by atoms with Gasteiger partial charge >= 0.3 is 5.97 Å². The van der Waals surface area contributed by atoms with E-state index in [0.29, 0.717) is 18.5 Å². The molecular weight excluding hydrogens is 194 g/mol. The third kappa shape index (κ3) is 1.52. The molecule has 0 radical (unpaired) electrons. The number of carboxylic acids is 1. The molecule has 1 aromatic carbocycles. The van der Waals surface area contributed by atoms with Gasteiger partial charge in [0.05, 0.1) is 0 Å². The summed E-state index contributed by atoms with van der Waals surface area (Å²) >= 11 is 0. The van der Waals surface area contributed by atoms with Gasteiger partial charge in [0.15, 0.2) is 0 Å². The normalized spacial score (nSPS) is 24.1. The summed E-state index contributed by atoms with van der Waals surface area (Å²) in [5.41, 5.74) is 0.586. The summed E-state index contributed by atoms with van der Waals surface area (Å²) in [7, 11) is 0. The third-order valence-electron chi connectivity index (χ3n) is 2.91. The second-order valence-corrected chi connectivity index (χ2v) is 4.07. The van der Waals surface area contributed by atoms with Crippen molar-refractivity contribution in [3.8, 4) is 5.75 Å². The number of hydrogen-bond acceptors (Lipinski definition) is 3. The number of benzene rings is 1. The zero-order valence-corrected chi connectivity index (χ0v) is 8.45. The maximum Gasteiger partial charge on any atom is 0.329 e. The van der Waals surface area contributed by atoms with Crippen LogP contribution in [-0.2, 0) is 11.2 Å². The van der Waals surface area contributed by atoms with Crippen LogP contribution in [0, 0.1) is 0 Å². The Bertz CT molecular complexity index is 416. The molecule has 80 valence electrons. The zero-order valence-electron chi connectivity index (χ0n) is 8.45. The molecule has 1 heterocycles. The van der Waals surface area contributed by atoms with Crippen molar-refractivity contribution in [2.75, 3.05) is 5.32 Å². The number of nitrogens with one attached hydrogen (secondary N) is 1. The molecule has 1 unspecified atom stereocenters. The second kappa shape index (κ2) is 3.15. The second-order valence-electron chi connectivity index (χ2n) is 4.07. The third-order valence-corrected chi connectivity index (χ3v) is 2.91. The quantitative estimate of drug-likeness (QED) is 0.654. The zero-order chi connectivity index (χ0) is 11.1. The van der Waals surface area contributed by atoms with Crippen LogP contribution in [0.2, 0.25) is 0 Å². The van der Waals surface area contributed by atoms with Crippen LogP contribution < -0.4 is 5.32 Å². The van der Waals surface area contributed by atoms with Gasteiger partial charge in [-0.2, -0.15) is 0 Å². The van der Waals surface area contributed by atoms with E-state index in [9.17, 15) is 9.90 Å². The highest BCUT2D eigenvalue weighted by Crippen LogP contribution is 2.35. The van der Waals surface area contributed by atoms with Gasteiger partial charge in [-0.3, -0.25) is 0 Å². The van der Waals surface area contributed by atoms with Gasteiger partial charge in [0.2, 0.25) is 0 Å². The fourth-order valence-corrected chi connectivity index (χ4v) is 1.85. The molecule has 0 saturated heterocycles. The van der Waals surface area contributed by atoms with Crippen molar-refractivity contribution in [2.45, 2.75) is 25.3 Å². The monoisotopic (exact) mass is 207 g/mol. The lowest BCUT2D eigenvalue weighted by atomic mass is 9.87. The highest BCUT2D eigenvalue weighted by molar-refractivity contribution is 5.84. The van der Waals surface area contributed by atoms with Crippen LogP contribution in [0.5, 0.6) is 5.75 Å². The Morgan fingerprint density at radius 3 is 2.93 bits per heavy atom. The number of rotatable bonds is 1. The van der Waals surface area contributed by atoms with Gasteiger partial charge in [-0.1, -0.05) is 6.07 Å². The Morgan fingerprint density at radius 1 is 1.53 bits per heavy atom. The number of aromatic hydroxyl groups is 1. The molecule has 0 fully saturated rings. The summed E-state index contributed by atoms with van der Waals surface area (Å²) < 4.78 is 0. The first-order chi connectivity index (χ1) is 7.03. The minimum absolute atomic E-state index is 0.229. The van der Waals surface area contributed by atoms with Crippen LogP contribution in [-0.4, -0.2) is 21.7 Å². The summed E-state index contributed by atoms with van der Waals surface area (Å²) in [5, 5.41) is 21.6. The Morgan fingerprint density at radius 2 is 2.27 bits per heavy atom. The molecule has 1 aliphatic rings. The largest absolute Gasteiger partial charge is 0.508 e. The number of carboxylic acid groups (broad SMARTS) is 1. The standard InChI is InChI=1S/C11H13NO3/c1-11(10(14)15)6-5-7-8(12-11)3-2-4-9(7)13/h2-4,12-13H,5-6H2,1H3,(H,14,15). The van der Waals surface area contributed by atoms with Crippen molar-refractivity contribution in [3.63, 3.8) is 0 Å². The molecular formula is C11H13NO3. The van der Waals surface area contributed by atoms with E-state index in [4.69, 9.17) is 5.11 Å². The number of carbonyl (C=O) groups is 1. The average molecular weight is 207 g/mol. The molecule has 1 atom stereocenters. The number of fused-ring (bicyclic) bond motifs is 1. The summed E-state index contributed by atoms with van der Waals surface area (Å²) in [6, 6.07) is 5.11. The van der Waals surface area contributed by atoms with Crippen LogP contribution >= 0.6 is 0 Å². The van der Waals surface area contributed by atoms with E-state index in [-0.39, 0.29) is 5.75 Å². The predicted octanol–water partition coefficient (Wildman–Crippen LogP) is 1.59. The average Bonchev–Trinajstić information content (AvgIpc) is 2.17. The molecule has 4 heteroatoms. The molecule has 0 amide bonds. The summed E-state index contributed by atoms with van der Waals surface area (Å²) in [4.78, 5) is 11.0. The topological polar surface area (TPSA) is 69.6 Å². The van der Waals surface area contributed by atoms with Gasteiger partial charge in [-0.25, -0.2) is 4.79 Å². The molecule has 1 aromatic rings. The van der Waals surface area contributed by atoms with Gasteiger partial charge in [0, 0.05) is 11.3 Å². The van der Waals surface area contributed by atoms with Gasteiger partial charge < -0.3 is 15.5 Å². The van der Waals surface area contributed by atoms with Crippen molar-refractivity contribution >= 4 is 11.7 Å². The van der Waals surface area contributed by atoms with Gasteiger partial charge in [0.25, 0.3) is 0 Å². The first kappa shape index (κ1) is 9.83. The highest BCUT2D eigenvalue weighted by Gasteiger charge is 2.36. The Balaban J connectivity index is 2.39. The molecule has 0 saturated carbocycles. The minimum Gasteiger partial charge on any atom is -0.508 e. The fourth-order valence-electron chi connectivity index (χ4n) is 1.85. The molecule has 0 bridgehead atoms. The molecule has 0 aliphatic carbocycles. The summed E-state index contributed by atoms with van der Waals surface area (Å²) in [5.74, 6) is -0.635. The summed E-state index contributed by atoms with van der Waals surface area (Å²) in [6.07, 6.45) is 1.06. The lowest BCUT2D eigenvalue weighted by Crippen LogP contribution is -2.46. The smallest absolute Gasteiger partial charge is 0.329 e. The van der Waals surface area contributed by atoms with Crippen LogP contribution in [0.25, 0.3) is 0 Å². The van der Waals surface area contributed by atoms with Gasteiger partial charge in [-0.15, -0.1) is 0 Å². The van der Waals surface area contributed by atoms with Gasteiger partial charge in [0.1, 0.15) is 11.3 Å². The van der Waals surface area contributed by atoms with Crippen LogP contribution in [0.1, 0.15) is 18.9 Å². The lowest BCUT2D eigenvalue weighted by molar-refractivity contribution is -0.142. The molecule has 0 aromatic heterocycles. The van der Waals surface area contributed by atoms with Crippen LogP contribution in [0.3, 0.4) is 0 Å². The fraction of sp³-hybridized carbons (Fsp3) is 0.364. The Kier molecular flexibility index (Phi) is 2.07. The number of phenolic OH excluding ortho intramolecular Hbond substituents is 1. The number of phenols is 1. The minimum atomic E-state index is -0.930. The molecule has 3 N–H and O–H groups in total. The number of hydrogen-bond donors (Lipinski definition) is 3. The van der Waals surface area contributed by atoms with Crippen molar-refractivity contribution < 1.29 is 15.0 Å². The van der Waals surface area contributed by atoms with E-state index >= 15 is 0 Å². The van der Waals surface area contributed by atoms with E-state index in [1.54, 1.807) is 25.1 Å². The SMILES string of the molecule is CC1(C(=O)O)CCc2c(O)cccc2N1. The van der Waals surface area contributed by atoms with Crippen LogP contribution in [0.15, 0.2) is 18.2 Å². The molecule has 15 heavy (non-hydrogen) atoms. The van der Waals surface area contributed by atoms with Crippen molar-refractivity contribution in [1.29, 1.82) is 0 Å². The van der Waals surface area contributed by atoms with E-state index in [1.165, 1.54) is 0 Å². The van der Waals surface area contributed by atoms with E-state index in [0.717, 1.165) is 5.56 Å². The maximum atomic E-state index is 11.0. The Labute approximate surface area is 87.6 Å². The maximum absolute atomic E-state index is 11.0. The number of anilines is 1. The van der Waals surface area contributed by atoms with Crippen molar-refractivity contribution in [3.05, 3.63) is 23.8 Å². The molecule has 4 nitrogen and oxygen atoms in total. The van der Waals surface area contributed by atoms with Gasteiger partial charge in [-0.05, 0) is 31.9 Å². The predicted molar refractivity (Wildman–Crippen MR) is 56.1 cm³/mol. The molecule has 1 aliphatic heterocycles. The van der Waals surface area contributed by atoms with E-state index < -0.39 is 11.5 Å². The Hall–Kier alpha value is -1.71. The van der Waals surface area contributed by atoms with Crippen molar-refractivity contribution in [1.82, 2.24) is 0 Å². The number of aliphatic carboxylic acids is 1. The van der Waals surface area contributed by atoms with Crippen LogP contribution in [0.4, 0.5) is 5.69 Å². The summed E-state index contributed by atoms with van der Waals surface area (Å²) in [6.45, 7) is 1.66. The first-order valence-corrected chi connectivity index (χ1v) is 4.85. The lowest BCUT2D eigenvalue weighted by Gasteiger charge is -2.33. The van der Waals surface area contributed by atoms with E-state index in [1.807, 2.05) is 0 Å².